The Hall–Kier alpha value is -4.32. The van der Waals surface area contributed by atoms with Gasteiger partial charge in [0, 0.05) is 39.9 Å². The van der Waals surface area contributed by atoms with Crippen LogP contribution >= 0.6 is 11.6 Å². The summed E-state index contributed by atoms with van der Waals surface area (Å²) in [5, 5.41) is 23.1. The topological polar surface area (TPSA) is 81.6 Å². The number of rotatable bonds is 5. The van der Waals surface area contributed by atoms with Crippen molar-refractivity contribution >= 4 is 40.2 Å². The normalized spacial score (nSPS) is 11.0. The van der Waals surface area contributed by atoms with Gasteiger partial charge in [-0.25, -0.2) is 0 Å². The number of halogens is 1. The van der Waals surface area contributed by atoms with Crippen LogP contribution in [0.25, 0.3) is 17.0 Å². The molecule has 0 bridgehead atoms. The summed E-state index contributed by atoms with van der Waals surface area (Å²) in [6.45, 7) is 0.495. The van der Waals surface area contributed by atoms with E-state index in [1.54, 1.807) is 36.4 Å². The molecule has 6 heteroatoms. The highest BCUT2D eigenvalue weighted by Gasteiger charge is 2.14. The van der Waals surface area contributed by atoms with E-state index in [1.165, 1.54) is 0 Å². The summed E-state index contributed by atoms with van der Waals surface area (Å²) >= 11 is 5.97. The third kappa shape index (κ3) is 4.39. The lowest BCUT2D eigenvalue weighted by atomic mass is 10.1. The van der Waals surface area contributed by atoms with Crippen molar-refractivity contribution in [2.75, 3.05) is 5.32 Å². The molecule has 4 aromatic rings. The van der Waals surface area contributed by atoms with E-state index < -0.39 is 5.91 Å². The number of nitrogens with zero attached hydrogens (tertiary/aromatic N) is 3. The van der Waals surface area contributed by atoms with Gasteiger partial charge in [-0.15, -0.1) is 0 Å². The minimum absolute atomic E-state index is 0.0229. The van der Waals surface area contributed by atoms with Crippen molar-refractivity contribution in [3.05, 3.63) is 106 Å². The highest BCUT2D eigenvalue weighted by atomic mass is 35.5. The molecule has 0 saturated carbocycles. The first-order valence-electron chi connectivity index (χ1n) is 9.83. The highest BCUT2D eigenvalue weighted by molar-refractivity contribution is 6.31. The number of hydrogen-bond donors (Lipinski definition) is 1. The van der Waals surface area contributed by atoms with Gasteiger partial charge in [0.15, 0.2) is 0 Å². The lowest BCUT2D eigenvalue weighted by Crippen LogP contribution is -2.13. The van der Waals surface area contributed by atoms with Crippen molar-refractivity contribution in [1.82, 2.24) is 4.57 Å². The van der Waals surface area contributed by atoms with Crippen molar-refractivity contribution in [2.45, 2.75) is 6.54 Å². The van der Waals surface area contributed by atoms with E-state index in [9.17, 15) is 15.3 Å². The molecule has 154 valence electrons. The van der Waals surface area contributed by atoms with Gasteiger partial charge in [0.05, 0.1) is 11.6 Å². The molecule has 3 aromatic carbocycles. The number of fused-ring (bicyclic) bond motifs is 1. The molecule has 4 rings (SSSR count). The number of carbonyl (C=O) groups excluding carboxylic acids is 1. The molecule has 32 heavy (non-hydrogen) atoms. The fraction of sp³-hybridized carbons (Fsp3) is 0.0385. The summed E-state index contributed by atoms with van der Waals surface area (Å²) in [7, 11) is 0. The number of carbonyl (C=O) groups is 1. The van der Waals surface area contributed by atoms with Crippen LogP contribution in [0.5, 0.6) is 0 Å². The molecule has 0 aliphatic rings. The van der Waals surface area contributed by atoms with Crippen LogP contribution in [-0.2, 0) is 11.3 Å². The van der Waals surface area contributed by atoms with E-state index in [-0.39, 0.29) is 5.57 Å². The maximum Gasteiger partial charge on any atom is 0.266 e. The van der Waals surface area contributed by atoms with Gasteiger partial charge >= 0.3 is 0 Å². The molecular weight excluding hydrogens is 420 g/mol. The molecular formula is C26H17ClN4O. The van der Waals surface area contributed by atoms with Gasteiger partial charge in [-0.1, -0.05) is 54.1 Å². The molecule has 0 saturated heterocycles. The molecule has 0 radical (unpaired) electrons. The Morgan fingerprint density at radius 2 is 1.81 bits per heavy atom. The fourth-order valence-corrected chi connectivity index (χ4v) is 3.73. The van der Waals surface area contributed by atoms with Gasteiger partial charge < -0.3 is 9.88 Å². The second kappa shape index (κ2) is 9.22. The van der Waals surface area contributed by atoms with Gasteiger partial charge in [0.2, 0.25) is 0 Å². The second-order valence-corrected chi connectivity index (χ2v) is 7.57. The van der Waals surface area contributed by atoms with Crippen molar-refractivity contribution in [3.8, 4) is 12.1 Å². The molecule has 1 N–H and O–H groups in total. The van der Waals surface area contributed by atoms with Crippen molar-refractivity contribution in [3.63, 3.8) is 0 Å². The molecule has 0 unspecified atom stereocenters. The van der Waals surface area contributed by atoms with Crippen molar-refractivity contribution in [1.29, 1.82) is 10.5 Å². The lowest BCUT2D eigenvalue weighted by Gasteiger charge is -2.07. The van der Waals surface area contributed by atoms with Crippen LogP contribution < -0.4 is 5.32 Å². The molecule has 1 heterocycles. The average molecular weight is 437 g/mol. The second-order valence-electron chi connectivity index (χ2n) is 7.13. The van der Waals surface area contributed by atoms with Gasteiger partial charge in [-0.2, -0.15) is 10.5 Å². The van der Waals surface area contributed by atoms with Gasteiger partial charge in [0.25, 0.3) is 5.91 Å². The molecule has 5 nitrogen and oxygen atoms in total. The van der Waals surface area contributed by atoms with E-state index in [1.807, 2.05) is 59.3 Å². The van der Waals surface area contributed by atoms with E-state index >= 15 is 0 Å². The first-order valence-corrected chi connectivity index (χ1v) is 10.2. The summed E-state index contributed by atoms with van der Waals surface area (Å²) in [6.07, 6.45) is 3.47. The van der Waals surface area contributed by atoms with Crippen LogP contribution in [0.15, 0.2) is 84.6 Å². The highest BCUT2D eigenvalue weighted by Crippen LogP contribution is 2.25. The first-order chi connectivity index (χ1) is 15.6. The number of nitrogens with one attached hydrogen (secondary N) is 1. The van der Waals surface area contributed by atoms with E-state index in [4.69, 9.17) is 11.6 Å². The molecule has 0 spiro atoms. The van der Waals surface area contributed by atoms with E-state index in [0.717, 1.165) is 22.0 Å². The monoisotopic (exact) mass is 436 g/mol. The number of aromatic nitrogens is 1. The predicted octanol–water partition coefficient (Wildman–Crippen LogP) is 5.76. The van der Waals surface area contributed by atoms with E-state index in [0.29, 0.717) is 22.8 Å². The summed E-state index contributed by atoms with van der Waals surface area (Å²) < 4.78 is 2.02. The molecule has 1 aromatic heterocycles. The maximum atomic E-state index is 12.7. The molecule has 0 atom stereocenters. The Morgan fingerprint density at radius 3 is 2.59 bits per heavy atom. The van der Waals surface area contributed by atoms with Crippen molar-refractivity contribution < 1.29 is 4.79 Å². The van der Waals surface area contributed by atoms with E-state index in [2.05, 4.69) is 11.4 Å². The van der Waals surface area contributed by atoms with Gasteiger partial charge in [-0.05, 0) is 42.0 Å². The largest absolute Gasteiger partial charge is 0.342 e. The number of nitriles is 2. The van der Waals surface area contributed by atoms with Crippen LogP contribution in [0.4, 0.5) is 5.69 Å². The minimum Gasteiger partial charge on any atom is -0.342 e. The zero-order valence-electron chi connectivity index (χ0n) is 16.9. The Morgan fingerprint density at radius 1 is 1.03 bits per heavy atom. The SMILES string of the molecule is N#C/C(=C\c1cn(Cc2ccccc2C#N)c2ccccc12)C(=O)Nc1cccc(Cl)c1. The Labute approximate surface area is 190 Å². The third-order valence-electron chi connectivity index (χ3n) is 5.05. The van der Waals surface area contributed by atoms with Crippen LogP contribution in [0.1, 0.15) is 16.7 Å². The minimum atomic E-state index is -0.513. The Kier molecular flexibility index (Phi) is 6.03. The van der Waals surface area contributed by atoms with Gasteiger partial charge in [0.1, 0.15) is 11.6 Å². The maximum absolute atomic E-state index is 12.7. The third-order valence-corrected chi connectivity index (χ3v) is 5.28. The Bertz CT molecular complexity index is 1440. The van der Waals surface area contributed by atoms with Crippen LogP contribution in [0.2, 0.25) is 5.02 Å². The zero-order valence-corrected chi connectivity index (χ0v) is 17.7. The number of anilines is 1. The Balaban J connectivity index is 1.71. The molecule has 1 amide bonds. The first kappa shape index (κ1) is 20.9. The average Bonchev–Trinajstić information content (AvgIpc) is 3.15. The lowest BCUT2D eigenvalue weighted by molar-refractivity contribution is -0.112. The number of hydrogen-bond acceptors (Lipinski definition) is 3. The quantitative estimate of drug-likeness (QED) is 0.319. The smallest absolute Gasteiger partial charge is 0.266 e. The van der Waals surface area contributed by atoms with Crippen molar-refractivity contribution in [2.24, 2.45) is 0 Å². The predicted molar refractivity (Wildman–Crippen MR) is 126 cm³/mol. The zero-order chi connectivity index (χ0) is 22.5. The van der Waals surface area contributed by atoms with Crippen LogP contribution in [0, 0.1) is 22.7 Å². The van der Waals surface area contributed by atoms with Crippen LogP contribution in [0.3, 0.4) is 0 Å². The molecule has 0 aliphatic carbocycles. The standard InChI is InChI=1S/C26H17ClN4O/c27-22-8-5-9-23(13-22)30-26(32)20(15-29)12-21-17-31(25-11-4-3-10-24(21)25)16-19-7-2-1-6-18(19)14-28/h1-13,17H,16H2,(H,30,32)/b20-12+. The summed E-state index contributed by atoms with van der Waals surface area (Å²) in [5.41, 5.74) is 3.68. The summed E-state index contributed by atoms with van der Waals surface area (Å²) in [6, 6.07) is 26.2. The number of amides is 1. The summed E-state index contributed by atoms with van der Waals surface area (Å²) in [5.74, 6) is -0.513. The fourth-order valence-electron chi connectivity index (χ4n) is 3.54. The molecule has 0 fully saturated rings. The summed E-state index contributed by atoms with van der Waals surface area (Å²) in [4.78, 5) is 12.7. The number of benzene rings is 3. The molecule has 0 aliphatic heterocycles. The van der Waals surface area contributed by atoms with Crippen LogP contribution in [-0.4, -0.2) is 10.5 Å². The van der Waals surface area contributed by atoms with Gasteiger partial charge in [-0.3, -0.25) is 4.79 Å². The number of para-hydroxylation sites is 1.